The third kappa shape index (κ3) is 4.86. The van der Waals surface area contributed by atoms with Gasteiger partial charge in [0.1, 0.15) is 0 Å². The van der Waals surface area contributed by atoms with Crippen LogP contribution in [0.4, 0.5) is 0 Å². The molecule has 0 bridgehead atoms. The quantitative estimate of drug-likeness (QED) is 0.755. The zero-order valence-electron chi connectivity index (χ0n) is 12.0. The van der Waals surface area contributed by atoms with Crippen molar-refractivity contribution >= 4 is 0 Å². The Hall–Kier alpha value is -0.0400. The Morgan fingerprint density at radius 1 is 1.25 bits per heavy atom. The summed E-state index contributed by atoms with van der Waals surface area (Å²) in [5, 5.41) is 3.56. The summed E-state index contributed by atoms with van der Waals surface area (Å²) in [6.07, 6.45) is 8.46. The first-order valence-electron chi connectivity index (χ1n) is 7.09. The number of hydrogen-bond acceptors (Lipinski definition) is 1. The Bertz CT molecular complexity index is 192. The SMILES string of the molecule is CNC(CCC(C)(C)C)C1CCCC(C)C1. The molecule has 3 unspecified atom stereocenters. The van der Waals surface area contributed by atoms with Gasteiger partial charge in [-0.3, -0.25) is 0 Å². The van der Waals surface area contributed by atoms with E-state index < -0.39 is 0 Å². The van der Waals surface area contributed by atoms with Crippen LogP contribution in [-0.2, 0) is 0 Å². The lowest BCUT2D eigenvalue weighted by atomic mass is 9.76. The van der Waals surface area contributed by atoms with Crippen molar-refractivity contribution in [1.29, 1.82) is 0 Å². The Morgan fingerprint density at radius 3 is 2.44 bits per heavy atom. The van der Waals surface area contributed by atoms with Gasteiger partial charge in [-0.25, -0.2) is 0 Å². The molecule has 0 saturated heterocycles. The molecule has 1 fully saturated rings. The van der Waals surface area contributed by atoms with Gasteiger partial charge in [0.2, 0.25) is 0 Å². The van der Waals surface area contributed by atoms with Crippen molar-refractivity contribution in [3.8, 4) is 0 Å². The minimum atomic E-state index is 0.482. The van der Waals surface area contributed by atoms with Crippen molar-refractivity contribution in [3.63, 3.8) is 0 Å². The van der Waals surface area contributed by atoms with Gasteiger partial charge in [0.05, 0.1) is 0 Å². The maximum Gasteiger partial charge on any atom is 0.00926 e. The average Bonchev–Trinajstić information content (AvgIpc) is 2.17. The van der Waals surface area contributed by atoms with E-state index in [2.05, 4.69) is 40.1 Å². The maximum atomic E-state index is 3.56. The van der Waals surface area contributed by atoms with Crippen LogP contribution in [0.2, 0.25) is 0 Å². The summed E-state index contributed by atoms with van der Waals surface area (Å²) >= 11 is 0. The molecule has 1 aliphatic rings. The summed E-state index contributed by atoms with van der Waals surface area (Å²) < 4.78 is 0. The molecule has 1 N–H and O–H groups in total. The molecule has 1 nitrogen and oxygen atoms in total. The zero-order valence-corrected chi connectivity index (χ0v) is 12.0. The van der Waals surface area contributed by atoms with Crippen LogP contribution in [-0.4, -0.2) is 13.1 Å². The average molecular weight is 225 g/mol. The predicted molar refractivity (Wildman–Crippen MR) is 72.7 cm³/mol. The van der Waals surface area contributed by atoms with Gasteiger partial charge in [-0.05, 0) is 50.0 Å². The second-order valence-corrected chi connectivity index (χ2v) is 7.03. The molecule has 3 atom stereocenters. The van der Waals surface area contributed by atoms with Crippen LogP contribution in [0.3, 0.4) is 0 Å². The molecule has 1 saturated carbocycles. The van der Waals surface area contributed by atoms with Crippen LogP contribution >= 0.6 is 0 Å². The lowest BCUT2D eigenvalue weighted by Gasteiger charge is -2.34. The predicted octanol–water partition coefficient (Wildman–Crippen LogP) is 4.23. The monoisotopic (exact) mass is 225 g/mol. The van der Waals surface area contributed by atoms with Crippen LogP contribution in [0.25, 0.3) is 0 Å². The summed E-state index contributed by atoms with van der Waals surface area (Å²) in [7, 11) is 2.15. The fourth-order valence-electron chi connectivity index (χ4n) is 3.05. The first kappa shape index (κ1) is 14.0. The van der Waals surface area contributed by atoms with E-state index in [0.29, 0.717) is 5.41 Å². The highest BCUT2D eigenvalue weighted by Crippen LogP contribution is 2.33. The molecule has 0 radical (unpaired) electrons. The summed E-state index contributed by atoms with van der Waals surface area (Å²) in [5.41, 5.74) is 0.482. The molecule has 0 heterocycles. The molecule has 1 aliphatic carbocycles. The molecule has 0 aliphatic heterocycles. The molecular formula is C15H31N. The fraction of sp³-hybridized carbons (Fsp3) is 1.00. The van der Waals surface area contributed by atoms with Crippen LogP contribution in [0.1, 0.15) is 66.2 Å². The summed E-state index contributed by atoms with van der Waals surface area (Å²) in [5.74, 6) is 1.88. The van der Waals surface area contributed by atoms with Crippen molar-refractivity contribution in [2.24, 2.45) is 17.3 Å². The summed E-state index contributed by atoms with van der Waals surface area (Å²) in [6, 6.07) is 0.752. The zero-order chi connectivity index (χ0) is 12.2. The van der Waals surface area contributed by atoms with Crippen LogP contribution in [0.5, 0.6) is 0 Å². The number of rotatable bonds is 4. The van der Waals surface area contributed by atoms with Gasteiger partial charge in [-0.2, -0.15) is 0 Å². The standard InChI is InChI=1S/C15H31N/c1-12-7-6-8-13(11-12)14(16-5)9-10-15(2,3)4/h12-14,16H,6-11H2,1-5H3. The Balaban J connectivity index is 2.40. The first-order chi connectivity index (χ1) is 7.42. The molecule has 1 rings (SSSR count). The lowest BCUT2D eigenvalue weighted by Crippen LogP contribution is -2.36. The molecule has 96 valence electrons. The van der Waals surface area contributed by atoms with E-state index in [1.165, 1.54) is 38.5 Å². The minimum Gasteiger partial charge on any atom is -0.317 e. The van der Waals surface area contributed by atoms with Gasteiger partial charge in [0.25, 0.3) is 0 Å². The van der Waals surface area contributed by atoms with Crippen molar-refractivity contribution in [1.82, 2.24) is 5.32 Å². The number of hydrogen-bond donors (Lipinski definition) is 1. The number of nitrogens with one attached hydrogen (secondary N) is 1. The van der Waals surface area contributed by atoms with Gasteiger partial charge in [-0.15, -0.1) is 0 Å². The normalized spacial score (nSPS) is 29.1. The van der Waals surface area contributed by atoms with Crippen molar-refractivity contribution in [2.45, 2.75) is 72.3 Å². The van der Waals surface area contributed by atoms with Gasteiger partial charge in [0.15, 0.2) is 0 Å². The van der Waals surface area contributed by atoms with Crippen molar-refractivity contribution in [3.05, 3.63) is 0 Å². The molecule has 0 aromatic rings. The Kier molecular flexibility index (Phi) is 5.30. The third-order valence-corrected chi connectivity index (χ3v) is 4.12. The largest absolute Gasteiger partial charge is 0.317 e. The van der Waals surface area contributed by atoms with Gasteiger partial charge in [0, 0.05) is 6.04 Å². The van der Waals surface area contributed by atoms with E-state index in [0.717, 1.165) is 17.9 Å². The summed E-state index contributed by atoms with van der Waals surface area (Å²) in [6.45, 7) is 9.47. The van der Waals surface area contributed by atoms with Crippen LogP contribution < -0.4 is 5.32 Å². The van der Waals surface area contributed by atoms with Gasteiger partial charge >= 0.3 is 0 Å². The Morgan fingerprint density at radius 2 is 1.94 bits per heavy atom. The Labute approximate surface area is 102 Å². The van der Waals surface area contributed by atoms with Crippen molar-refractivity contribution in [2.75, 3.05) is 7.05 Å². The topological polar surface area (TPSA) is 12.0 Å². The van der Waals surface area contributed by atoms with Crippen LogP contribution in [0, 0.1) is 17.3 Å². The molecule has 16 heavy (non-hydrogen) atoms. The first-order valence-corrected chi connectivity index (χ1v) is 7.09. The third-order valence-electron chi connectivity index (χ3n) is 4.12. The molecular weight excluding hydrogens is 194 g/mol. The molecule has 0 aromatic heterocycles. The molecule has 0 amide bonds. The van der Waals surface area contributed by atoms with E-state index in [4.69, 9.17) is 0 Å². The molecule has 0 spiro atoms. The lowest BCUT2D eigenvalue weighted by molar-refractivity contribution is 0.205. The second kappa shape index (κ2) is 6.05. The second-order valence-electron chi connectivity index (χ2n) is 7.03. The van der Waals surface area contributed by atoms with E-state index in [1.54, 1.807) is 0 Å². The molecule has 1 heteroatoms. The van der Waals surface area contributed by atoms with Gasteiger partial charge in [-0.1, -0.05) is 40.5 Å². The minimum absolute atomic E-state index is 0.482. The van der Waals surface area contributed by atoms with Crippen molar-refractivity contribution < 1.29 is 0 Å². The summed E-state index contributed by atoms with van der Waals surface area (Å²) in [4.78, 5) is 0. The van der Waals surface area contributed by atoms with E-state index in [9.17, 15) is 0 Å². The van der Waals surface area contributed by atoms with E-state index in [-0.39, 0.29) is 0 Å². The van der Waals surface area contributed by atoms with Gasteiger partial charge < -0.3 is 5.32 Å². The fourth-order valence-corrected chi connectivity index (χ4v) is 3.05. The highest BCUT2D eigenvalue weighted by Gasteiger charge is 2.26. The van der Waals surface area contributed by atoms with E-state index >= 15 is 0 Å². The van der Waals surface area contributed by atoms with E-state index in [1.807, 2.05) is 0 Å². The highest BCUT2D eigenvalue weighted by atomic mass is 14.9. The molecule has 0 aromatic carbocycles. The smallest absolute Gasteiger partial charge is 0.00926 e. The highest BCUT2D eigenvalue weighted by molar-refractivity contribution is 4.81. The maximum absolute atomic E-state index is 3.56. The van der Waals surface area contributed by atoms with Crippen LogP contribution in [0.15, 0.2) is 0 Å².